The summed E-state index contributed by atoms with van der Waals surface area (Å²) in [5.41, 5.74) is 2.40. The minimum atomic E-state index is -0.443. The molecule has 0 spiro atoms. The molecule has 1 fully saturated rings. The molecule has 0 saturated carbocycles. The summed E-state index contributed by atoms with van der Waals surface area (Å²) in [5, 5.41) is 11.0. The van der Waals surface area contributed by atoms with Gasteiger partial charge in [-0.15, -0.1) is 0 Å². The number of amides is 1. The summed E-state index contributed by atoms with van der Waals surface area (Å²) in [4.78, 5) is 31.6. The van der Waals surface area contributed by atoms with E-state index in [1.165, 1.54) is 12.1 Å². The Morgan fingerprint density at radius 1 is 1.07 bits per heavy atom. The number of hydrogen-bond donors (Lipinski definition) is 0. The third-order valence-electron chi connectivity index (χ3n) is 4.87. The van der Waals surface area contributed by atoms with E-state index in [4.69, 9.17) is 0 Å². The van der Waals surface area contributed by atoms with E-state index in [-0.39, 0.29) is 18.1 Å². The lowest BCUT2D eigenvalue weighted by molar-refractivity contribution is -0.384. The number of fused-ring (bicyclic) bond motifs is 1. The Morgan fingerprint density at radius 3 is 2.52 bits per heavy atom. The smallest absolute Gasteiger partial charge is 0.271 e. The SMILES string of the molecule is O=C(Cn1cnc2ccc([N+](=O)[O-])cc21)N1CCN(c2ccccc2)CC1. The van der Waals surface area contributed by atoms with Crippen molar-refractivity contribution in [3.8, 4) is 0 Å². The molecule has 0 bridgehead atoms. The van der Waals surface area contributed by atoms with Crippen LogP contribution in [0.3, 0.4) is 0 Å². The van der Waals surface area contributed by atoms with Crippen LogP contribution >= 0.6 is 0 Å². The van der Waals surface area contributed by atoms with Gasteiger partial charge in [-0.25, -0.2) is 4.98 Å². The molecular formula is C19H19N5O3. The van der Waals surface area contributed by atoms with Crippen molar-refractivity contribution in [2.75, 3.05) is 31.1 Å². The van der Waals surface area contributed by atoms with Crippen molar-refractivity contribution >= 4 is 28.3 Å². The van der Waals surface area contributed by atoms with Crippen LogP contribution in [0.25, 0.3) is 11.0 Å². The highest BCUT2D eigenvalue weighted by Crippen LogP contribution is 2.20. The second-order valence-electron chi connectivity index (χ2n) is 6.51. The Morgan fingerprint density at radius 2 is 1.81 bits per heavy atom. The molecule has 3 aromatic rings. The molecule has 2 aromatic carbocycles. The first kappa shape index (κ1) is 17.0. The number of anilines is 1. The van der Waals surface area contributed by atoms with Crippen molar-refractivity contribution in [2.24, 2.45) is 0 Å². The first-order chi connectivity index (χ1) is 13.1. The van der Waals surface area contributed by atoms with E-state index in [9.17, 15) is 14.9 Å². The number of non-ortho nitro benzene ring substituents is 1. The van der Waals surface area contributed by atoms with Gasteiger partial charge in [0.1, 0.15) is 6.54 Å². The number of piperazine rings is 1. The Balaban J connectivity index is 1.43. The van der Waals surface area contributed by atoms with Gasteiger partial charge in [-0.3, -0.25) is 14.9 Å². The number of nitro benzene ring substituents is 1. The number of rotatable bonds is 4. The fraction of sp³-hybridized carbons (Fsp3) is 0.263. The van der Waals surface area contributed by atoms with Gasteiger partial charge in [0, 0.05) is 44.0 Å². The van der Waals surface area contributed by atoms with Gasteiger partial charge in [0.05, 0.1) is 22.3 Å². The summed E-state index contributed by atoms with van der Waals surface area (Å²) in [7, 11) is 0. The van der Waals surface area contributed by atoms with E-state index in [0.717, 1.165) is 18.8 Å². The number of hydrogen-bond acceptors (Lipinski definition) is 5. The van der Waals surface area contributed by atoms with Crippen LogP contribution in [-0.2, 0) is 11.3 Å². The van der Waals surface area contributed by atoms with E-state index < -0.39 is 4.92 Å². The van der Waals surface area contributed by atoms with Crippen LogP contribution in [0.4, 0.5) is 11.4 Å². The van der Waals surface area contributed by atoms with E-state index in [1.807, 2.05) is 23.1 Å². The van der Waals surface area contributed by atoms with Crippen molar-refractivity contribution in [1.29, 1.82) is 0 Å². The summed E-state index contributed by atoms with van der Waals surface area (Å²) in [6.07, 6.45) is 1.56. The first-order valence-electron chi connectivity index (χ1n) is 8.79. The van der Waals surface area contributed by atoms with Gasteiger partial charge in [-0.1, -0.05) is 18.2 Å². The molecule has 8 heteroatoms. The van der Waals surface area contributed by atoms with Gasteiger partial charge < -0.3 is 14.4 Å². The number of carbonyl (C=O) groups is 1. The second-order valence-corrected chi connectivity index (χ2v) is 6.51. The topological polar surface area (TPSA) is 84.5 Å². The molecule has 1 aromatic heterocycles. The molecule has 138 valence electrons. The zero-order valence-corrected chi connectivity index (χ0v) is 14.7. The third kappa shape index (κ3) is 3.46. The largest absolute Gasteiger partial charge is 0.368 e. The fourth-order valence-electron chi connectivity index (χ4n) is 3.38. The van der Waals surface area contributed by atoms with E-state index >= 15 is 0 Å². The van der Waals surface area contributed by atoms with Gasteiger partial charge in [0.25, 0.3) is 5.69 Å². The molecule has 0 atom stereocenters. The van der Waals surface area contributed by atoms with Gasteiger partial charge >= 0.3 is 0 Å². The summed E-state index contributed by atoms with van der Waals surface area (Å²) in [6, 6.07) is 14.6. The number of para-hydroxylation sites is 1. The lowest BCUT2D eigenvalue weighted by Gasteiger charge is -2.36. The average molecular weight is 365 g/mol. The van der Waals surface area contributed by atoms with Gasteiger partial charge in [0.2, 0.25) is 5.91 Å². The number of benzene rings is 2. The maximum Gasteiger partial charge on any atom is 0.271 e. The van der Waals surface area contributed by atoms with Crippen LogP contribution in [0.5, 0.6) is 0 Å². The Bertz CT molecular complexity index is 977. The quantitative estimate of drug-likeness (QED) is 0.523. The van der Waals surface area contributed by atoms with E-state index in [0.29, 0.717) is 24.1 Å². The standard InChI is InChI=1S/C19H19N5O3/c25-19(22-10-8-21(9-11-22)15-4-2-1-3-5-15)13-23-14-20-17-7-6-16(24(26)27)12-18(17)23/h1-7,12,14H,8-11,13H2. The van der Waals surface area contributed by atoms with E-state index in [1.54, 1.807) is 17.0 Å². The highest BCUT2D eigenvalue weighted by molar-refractivity contribution is 5.82. The predicted octanol–water partition coefficient (Wildman–Crippen LogP) is 2.29. The molecule has 1 amide bonds. The highest BCUT2D eigenvalue weighted by Gasteiger charge is 2.22. The molecule has 8 nitrogen and oxygen atoms in total. The zero-order chi connectivity index (χ0) is 18.8. The van der Waals surface area contributed by atoms with Crippen LogP contribution in [-0.4, -0.2) is 51.5 Å². The van der Waals surface area contributed by atoms with Crippen LogP contribution in [0.2, 0.25) is 0 Å². The maximum atomic E-state index is 12.7. The number of nitro groups is 1. The maximum absolute atomic E-state index is 12.7. The lowest BCUT2D eigenvalue weighted by atomic mass is 10.2. The van der Waals surface area contributed by atoms with Crippen LogP contribution in [0, 0.1) is 10.1 Å². The van der Waals surface area contributed by atoms with E-state index in [2.05, 4.69) is 22.0 Å². The summed E-state index contributed by atoms with van der Waals surface area (Å²) < 4.78 is 1.67. The van der Waals surface area contributed by atoms with Crippen LogP contribution in [0.1, 0.15) is 0 Å². The normalized spacial score (nSPS) is 14.5. The second kappa shape index (κ2) is 7.06. The van der Waals surface area contributed by atoms with Gasteiger partial charge in [-0.2, -0.15) is 0 Å². The highest BCUT2D eigenvalue weighted by atomic mass is 16.6. The van der Waals surface area contributed by atoms with Crippen molar-refractivity contribution in [1.82, 2.24) is 14.5 Å². The lowest BCUT2D eigenvalue weighted by Crippen LogP contribution is -2.49. The summed E-state index contributed by atoms with van der Waals surface area (Å²) >= 11 is 0. The number of nitrogens with zero attached hydrogens (tertiary/aromatic N) is 5. The molecule has 1 aliphatic rings. The van der Waals surface area contributed by atoms with Gasteiger partial charge in [-0.05, 0) is 18.2 Å². The first-order valence-corrected chi connectivity index (χ1v) is 8.79. The monoisotopic (exact) mass is 365 g/mol. The molecule has 0 aliphatic carbocycles. The fourth-order valence-corrected chi connectivity index (χ4v) is 3.38. The Hall–Kier alpha value is -3.42. The van der Waals surface area contributed by atoms with Crippen molar-refractivity contribution < 1.29 is 9.72 Å². The summed E-state index contributed by atoms with van der Waals surface area (Å²) in [6.45, 7) is 3.00. The average Bonchev–Trinajstić information content (AvgIpc) is 3.11. The van der Waals surface area contributed by atoms with Crippen LogP contribution < -0.4 is 4.90 Å². The molecule has 0 radical (unpaired) electrons. The number of aromatic nitrogens is 2. The third-order valence-corrected chi connectivity index (χ3v) is 4.87. The molecule has 1 aliphatic heterocycles. The molecule has 1 saturated heterocycles. The number of carbonyl (C=O) groups excluding carboxylic acids is 1. The minimum absolute atomic E-state index is 0.00600. The van der Waals surface area contributed by atoms with Gasteiger partial charge in [0.15, 0.2) is 0 Å². The molecule has 0 unspecified atom stereocenters. The van der Waals surface area contributed by atoms with Crippen molar-refractivity contribution in [2.45, 2.75) is 6.54 Å². The Labute approximate surface area is 155 Å². The molecule has 4 rings (SSSR count). The molecule has 2 heterocycles. The number of imidazole rings is 1. The van der Waals surface area contributed by atoms with Crippen LogP contribution in [0.15, 0.2) is 54.9 Å². The van der Waals surface area contributed by atoms with Crippen molar-refractivity contribution in [3.63, 3.8) is 0 Å². The van der Waals surface area contributed by atoms with Crippen molar-refractivity contribution in [3.05, 3.63) is 65.0 Å². The molecule has 0 N–H and O–H groups in total. The minimum Gasteiger partial charge on any atom is -0.368 e. The summed E-state index contributed by atoms with van der Waals surface area (Å²) in [5.74, 6) is -0.00600. The molecular weight excluding hydrogens is 346 g/mol. The molecule has 27 heavy (non-hydrogen) atoms. The predicted molar refractivity (Wildman–Crippen MR) is 102 cm³/mol. The Kier molecular flexibility index (Phi) is 4.45. The zero-order valence-electron chi connectivity index (χ0n) is 14.7.